The Bertz CT molecular complexity index is 1050. The van der Waals surface area contributed by atoms with E-state index in [0.29, 0.717) is 12.1 Å². The van der Waals surface area contributed by atoms with E-state index in [1.807, 2.05) is 54.6 Å². The molecule has 0 spiro atoms. The first-order valence-electron chi connectivity index (χ1n) is 11.3. The van der Waals surface area contributed by atoms with Gasteiger partial charge in [-0.05, 0) is 50.5 Å². The van der Waals surface area contributed by atoms with Crippen LogP contribution < -0.4 is 15.0 Å². The highest BCUT2D eigenvalue weighted by molar-refractivity contribution is 6.07. The van der Waals surface area contributed by atoms with E-state index >= 15 is 0 Å². The molecule has 3 aromatic rings. The Morgan fingerprint density at radius 3 is 2.87 bits per heavy atom. The highest BCUT2D eigenvalue weighted by atomic mass is 16.5. The summed E-state index contributed by atoms with van der Waals surface area (Å²) in [5.41, 5.74) is 3.19. The Hall–Kier alpha value is -2.92. The summed E-state index contributed by atoms with van der Waals surface area (Å²) in [5.74, 6) is 0.734. The van der Waals surface area contributed by atoms with E-state index < -0.39 is 0 Å². The van der Waals surface area contributed by atoms with E-state index in [9.17, 15) is 4.79 Å². The molecule has 1 aliphatic rings. The van der Waals surface area contributed by atoms with Gasteiger partial charge >= 0.3 is 0 Å². The Balaban J connectivity index is 1.51. The van der Waals surface area contributed by atoms with Crippen LogP contribution in [0.1, 0.15) is 43.0 Å². The number of carbonyl (C=O) groups is 1. The van der Waals surface area contributed by atoms with Crippen LogP contribution in [0.2, 0.25) is 0 Å². The maximum absolute atomic E-state index is 13.1. The van der Waals surface area contributed by atoms with Crippen LogP contribution >= 0.6 is 0 Å². The van der Waals surface area contributed by atoms with Crippen molar-refractivity contribution in [2.24, 2.45) is 0 Å². The van der Waals surface area contributed by atoms with Gasteiger partial charge in [0, 0.05) is 23.9 Å². The van der Waals surface area contributed by atoms with Gasteiger partial charge in [0.15, 0.2) is 0 Å². The predicted octanol–water partition coefficient (Wildman–Crippen LogP) is 3.49. The molecule has 5 heteroatoms. The summed E-state index contributed by atoms with van der Waals surface area (Å²) in [5, 5.41) is 4.02. The summed E-state index contributed by atoms with van der Waals surface area (Å²) in [6.07, 6.45) is 4.99. The van der Waals surface area contributed by atoms with E-state index in [1.54, 1.807) is 12.0 Å². The van der Waals surface area contributed by atoms with Crippen LogP contribution in [0.25, 0.3) is 22.2 Å². The number of benzene rings is 2. The molecule has 2 atom stereocenters. The number of fused-ring (bicyclic) bond motifs is 1. The summed E-state index contributed by atoms with van der Waals surface area (Å²) in [6.45, 7) is 5.41. The number of quaternary nitrogens is 1. The molecular formula is C26H32N3O2+. The molecule has 1 aliphatic heterocycles. The average Bonchev–Trinajstić information content (AvgIpc) is 2.82. The molecule has 0 radical (unpaired) electrons. The molecule has 0 saturated carbocycles. The molecule has 0 bridgehead atoms. The van der Waals surface area contributed by atoms with Gasteiger partial charge in [0.2, 0.25) is 0 Å². The number of piperidine rings is 1. The second-order valence-corrected chi connectivity index (χ2v) is 8.47. The average molecular weight is 419 g/mol. The number of carbonyl (C=O) groups excluding carboxylic acids is 1. The van der Waals surface area contributed by atoms with E-state index in [1.165, 1.54) is 25.8 Å². The third kappa shape index (κ3) is 5.05. The monoisotopic (exact) mass is 418 g/mol. The van der Waals surface area contributed by atoms with Gasteiger partial charge in [-0.25, -0.2) is 4.98 Å². The standard InChI is InChI=1S/C26H31N3O2/c1-19-9-5-6-15-29(19)16-8-14-27-26(30)23-18-25(20-10-7-11-21(17-20)31-2)28-24-13-4-3-12-22(23)24/h3-4,7,10-13,17-19H,5-6,8-9,14-16H2,1-2H3,(H,27,30)/p+1/t19-/m0/s1. The summed E-state index contributed by atoms with van der Waals surface area (Å²) in [6, 6.07) is 18.2. The number of para-hydroxylation sites is 1. The van der Waals surface area contributed by atoms with Crippen LogP contribution in [0.3, 0.4) is 0 Å². The lowest BCUT2D eigenvalue weighted by atomic mass is 10.0. The third-order valence-corrected chi connectivity index (χ3v) is 6.37. The van der Waals surface area contributed by atoms with Crippen LogP contribution in [0.5, 0.6) is 5.75 Å². The number of rotatable bonds is 7. The fraction of sp³-hybridized carbons (Fsp3) is 0.385. The van der Waals surface area contributed by atoms with E-state index in [-0.39, 0.29) is 5.91 Å². The van der Waals surface area contributed by atoms with Gasteiger partial charge in [-0.1, -0.05) is 30.3 Å². The topological polar surface area (TPSA) is 55.7 Å². The molecule has 2 N–H and O–H groups in total. The van der Waals surface area contributed by atoms with Crippen molar-refractivity contribution in [3.05, 3.63) is 60.2 Å². The molecule has 2 heterocycles. The number of nitrogens with one attached hydrogen (secondary N) is 2. The fourth-order valence-electron chi connectivity index (χ4n) is 4.53. The van der Waals surface area contributed by atoms with Gasteiger partial charge < -0.3 is 15.0 Å². The molecule has 162 valence electrons. The summed E-state index contributed by atoms with van der Waals surface area (Å²) in [7, 11) is 1.65. The summed E-state index contributed by atoms with van der Waals surface area (Å²) >= 11 is 0. The quantitative estimate of drug-likeness (QED) is 0.578. The van der Waals surface area contributed by atoms with E-state index in [4.69, 9.17) is 9.72 Å². The van der Waals surface area contributed by atoms with Crippen molar-refractivity contribution < 1.29 is 14.4 Å². The van der Waals surface area contributed by atoms with Gasteiger partial charge in [-0.2, -0.15) is 0 Å². The minimum Gasteiger partial charge on any atom is -0.497 e. The molecule has 5 nitrogen and oxygen atoms in total. The smallest absolute Gasteiger partial charge is 0.252 e. The molecular weight excluding hydrogens is 386 g/mol. The number of ether oxygens (including phenoxy) is 1. The molecule has 1 unspecified atom stereocenters. The van der Waals surface area contributed by atoms with Crippen LogP contribution in [0, 0.1) is 0 Å². The minimum atomic E-state index is -0.0376. The van der Waals surface area contributed by atoms with Crippen molar-refractivity contribution in [2.75, 3.05) is 26.7 Å². The third-order valence-electron chi connectivity index (χ3n) is 6.37. The predicted molar refractivity (Wildman–Crippen MR) is 125 cm³/mol. The van der Waals surface area contributed by atoms with Crippen molar-refractivity contribution in [2.45, 2.75) is 38.6 Å². The Morgan fingerprint density at radius 2 is 2.03 bits per heavy atom. The van der Waals surface area contributed by atoms with Gasteiger partial charge in [-0.3, -0.25) is 4.79 Å². The largest absolute Gasteiger partial charge is 0.497 e. The first-order valence-corrected chi connectivity index (χ1v) is 11.3. The molecule has 1 fully saturated rings. The van der Waals surface area contributed by atoms with Crippen molar-refractivity contribution >= 4 is 16.8 Å². The SMILES string of the molecule is COc1cccc(-c2cc(C(=O)NCCC[NH+]3CCCC[C@@H]3C)c3ccccc3n2)c1. The number of nitrogens with zero attached hydrogens (tertiary/aromatic N) is 1. The summed E-state index contributed by atoms with van der Waals surface area (Å²) < 4.78 is 5.36. The number of amides is 1. The zero-order valence-electron chi connectivity index (χ0n) is 18.5. The molecule has 31 heavy (non-hydrogen) atoms. The van der Waals surface area contributed by atoms with E-state index in [2.05, 4.69) is 12.2 Å². The normalized spacial score (nSPS) is 18.6. The zero-order valence-corrected chi connectivity index (χ0v) is 18.5. The molecule has 1 aromatic heterocycles. The van der Waals surface area contributed by atoms with E-state index in [0.717, 1.165) is 46.9 Å². The van der Waals surface area contributed by atoms with Crippen molar-refractivity contribution in [1.82, 2.24) is 10.3 Å². The lowest BCUT2D eigenvalue weighted by Crippen LogP contribution is -3.16. The van der Waals surface area contributed by atoms with Crippen molar-refractivity contribution in [3.63, 3.8) is 0 Å². The summed E-state index contributed by atoms with van der Waals surface area (Å²) in [4.78, 5) is 19.6. The second kappa shape index (κ2) is 9.92. The number of hydrogen-bond donors (Lipinski definition) is 2. The lowest BCUT2D eigenvalue weighted by molar-refractivity contribution is -0.928. The first-order chi connectivity index (χ1) is 15.2. The van der Waals surface area contributed by atoms with Gasteiger partial charge in [-0.15, -0.1) is 0 Å². The van der Waals surface area contributed by atoms with Crippen LogP contribution in [0.15, 0.2) is 54.6 Å². The van der Waals surface area contributed by atoms with Gasteiger partial charge in [0.1, 0.15) is 5.75 Å². The number of pyridine rings is 1. The maximum atomic E-state index is 13.1. The molecule has 4 rings (SSSR count). The van der Waals surface area contributed by atoms with Crippen molar-refractivity contribution in [1.29, 1.82) is 0 Å². The Labute approximate surface area is 184 Å². The second-order valence-electron chi connectivity index (χ2n) is 8.47. The number of aromatic nitrogens is 1. The lowest BCUT2D eigenvalue weighted by Gasteiger charge is -2.30. The number of methoxy groups -OCH3 is 1. The highest BCUT2D eigenvalue weighted by Gasteiger charge is 2.21. The maximum Gasteiger partial charge on any atom is 0.252 e. The van der Waals surface area contributed by atoms with Crippen LogP contribution in [0.4, 0.5) is 0 Å². The zero-order chi connectivity index (χ0) is 21.6. The van der Waals surface area contributed by atoms with Crippen LogP contribution in [-0.4, -0.2) is 43.7 Å². The Kier molecular flexibility index (Phi) is 6.82. The first kappa shape index (κ1) is 21.3. The molecule has 0 aliphatic carbocycles. The van der Waals surface area contributed by atoms with Gasteiger partial charge in [0.05, 0.1) is 43.0 Å². The fourth-order valence-corrected chi connectivity index (χ4v) is 4.53. The Morgan fingerprint density at radius 1 is 1.16 bits per heavy atom. The molecule has 1 amide bonds. The van der Waals surface area contributed by atoms with Gasteiger partial charge in [0.25, 0.3) is 5.91 Å². The minimum absolute atomic E-state index is 0.0376. The van der Waals surface area contributed by atoms with Crippen LogP contribution in [-0.2, 0) is 0 Å². The highest BCUT2D eigenvalue weighted by Crippen LogP contribution is 2.27. The van der Waals surface area contributed by atoms with Crippen molar-refractivity contribution in [3.8, 4) is 17.0 Å². The molecule has 1 saturated heterocycles. The molecule has 2 aromatic carbocycles. The number of likely N-dealkylation sites (tertiary alicyclic amines) is 1. The number of hydrogen-bond acceptors (Lipinski definition) is 3.